The van der Waals surface area contributed by atoms with Crippen LogP contribution in [0, 0.1) is 5.92 Å². The van der Waals surface area contributed by atoms with Crippen LogP contribution in [-0.4, -0.2) is 64.6 Å². The number of carbonyl (C=O) groups is 1. The summed E-state index contributed by atoms with van der Waals surface area (Å²) in [6.07, 6.45) is 3.93. The van der Waals surface area contributed by atoms with E-state index in [-0.39, 0.29) is 33.8 Å². The summed E-state index contributed by atoms with van der Waals surface area (Å²) in [6, 6.07) is 10.8. The van der Waals surface area contributed by atoms with Crippen LogP contribution in [-0.2, 0) is 31.4 Å². The SMILES string of the molecule is COc1ccc(S(=O)(=O)N2CCC[C@H](C(=O)NCc3ccc(S(=O)(=O)N4CCCCC4)cc3)C2)cc1Cl. The van der Waals surface area contributed by atoms with Crippen molar-refractivity contribution in [3.8, 4) is 5.75 Å². The van der Waals surface area contributed by atoms with Crippen LogP contribution in [0.4, 0.5) is 0 Å². The second-order valence-electron chi connectivity index (χ2n) is 9.33. The van der Waals surface area contributed by atoms with E-state index in [1.165, 1.54) is 33.9 Å². The highest BCUT2D eigenvalue weighted by Crippen LogP contribution is 2.30. The molecular formula is C25H32ClN3O6S2. The molecule has 0 spiro atoms. The number of nitrogens with one attached hydrogen (secondary N) is 1. The minimum absolute atomic E-state index is 0.0546. The van der Waals surface area contributed by atoms with Gasteiger partial charge in [-0.2, -0.15) is 8.61 Å². The van der Waals surface area contributed by atoms with Gasteiger partial charge in [-0.15, -0.1) is 0 Å². The maximum absolute atomic E-state index is 13.2. The Morgan fingerprint density at radius 2 is 1.54 bits per heavy atom. The van der Waals surface area contributed by atoms with Gasteiger partial charge in [0.05, 0.1) is 27.8 Å². The van der Waals surface area contributed by atoms with Crippen LogP contribution in [0.3, 0.4) is 0 Å². The number of hydrogen-bond donors (Lipinski definition) is 1. The zero-order chi connectivity index (χ0) is 26.6. The first-order valence-corrected chi connectivity index (χ1v) is 15.6. The standard InChI is InChI=1S/C25H32ClN3O6S2/c1-35-24-12-11-22(16-23(24)26)37(33,34)29-15-5-6-20(18-29)25(30)27-17-19-7-9-21(10-8-19)36(31,32)28-13-3-2-4-14-28/h7-12,16,20H,2-6,13-15,17-18H2,1H3,(H,27,30)/t20-/m0/s1. The second kappa shape index (κ2) is 11.7. The molecule has 2 aliphatic rings. The number of nitrogens with zero attached hydrogens (tertiary/aromatic N) is 2. The Labute approximate surface area is 223 Å². The molecule has 2 aromatic rings. The number of benzene rings is 2. The molecular weight excluding hydrogens is 538 g/mol. The lowest BCUT2D eigenvalue weighted by Gasteiger charge is -2.31. The zero-order valence-electron chi connectivity index (χ0n) is 20.7. The fraction of sp³-hybridized carbons (Fsp3) is 0.480. The normalized spacial score (nSPS) is 19.9. The summed E-state index contributed by atoms with van der Waals surface area (Å²) in [5.74, 6) is -0.345. The molecule has 2 aliphatic heterocycles. The minimum atomic E-state index is -3.82. The highest BCUT2D eigenvalue weighted by molar-refractivity contribution is 7.89. The van der Waals surface area contributed by atoms with Gasteiger partial charge in [0.25, 0.3) is 0 Å². The summed E-state index contributed by atoms with van der Waals surface area (Å²) in [5, 5.41) is 3.07. The number of rotatable bonds is 8. The van der Waals surface area contributed by atoms with Gasteiger partial charge in [-0.25, -0.2) is 16.8 Å². The number of hydrogen-bond acceptors (Lipinski definition) is 6. The van der Waals surface area contributed by atoms with Crippen LogP contribution in [0.15, 0.2) is 52.3 Å². The predicted molar refractivity (Wildman–Crippen MR) is 140 cm³/mol. The third kappa shape index (κ3) is 6.28. The Morgan fingerprint density at radius 3 is 2.19 bits per heavy atom. The molecule has 2 saturated heterocycles. The third-order valence-corrected chi connectivity index (χ3v) is 10.9. The van der Waals surface area contributed by atoms with E-state index in [1.807, 2.05) is 0 Å². The van der Waals surface area contributed by atoms with Crippen LogP contribution in [0.5, 0.6) is 5.75 Å². The van der Waals surface area contributed by atoms with Gasteiger partial charge in [-0.05, 0) is 61.6 Å². The fourth-order valence-corrected chi connectivity index (χ4v) is 8.09. The number of methoxy groups -OCH3 is 1. The molecule has 0 saturated carbocycles. The summed E-state index contributed by atoms with van der Waals surface area (Å²) in [5.41, 5.74) is 0.763. The van der Waals surface area contributed by atoms with E-state index in [0.717, 1.165) is 24.8 Å². The first-order valence-electron chi connectivity index (χ1n) is 12.3. The van der Waals surface area contributed by atoms with Gasteiger partial charge in [-0.3, -0.25) is 4.79 Å². The quantitative estimate of drug-likeness (QED) is 0.522. The Morgan fingerprint density at radius 1 is 0.919 bits per heavy atom. The first kappa shape index (κ1) is 27.8. The predicted octanol–water partition coefficient (Wildman–Crippen LogP) is 3.24. The van der Waals surface area contributed by atoms with Crippen LogP contribution >= 0.6 is 11.6 Å². The lowest BCUT2D eigenvalue weighted by molar-refractivity contribution is -0.126. The van der Waals surface area contributed by atoms with Crippen molar-refractivity contribution in [1.29, 1.82) is 0 Å². The van der Waals surface area contributed by atoms with Gasteiger partial charge in [-0.1, -0.05) is 30.2 Å². The molecule has 37 heavy (non-hydrogen) atoms. The lowest BCUT2D eigenvalue weighted by Crippen LogP contribution is -2.45. The van der Waals surface area contributed by atoms with E-state index >= 15 is 0 Å². The second-order valence-corrected chi connectivity index (χ2v) is 13.6. The lowest BCUT2D eigenvalue weighted by atomic mass is 9.99. The number of ether oxygens (including phenoxy) is 1. The van der Waals surface area contributed by atoms with Gasteiger partial charge >= 0.3 is 0 Å². The molecule has 9 nitrogen and oxygen atoms in total. The van der Waals surface area contributed by atoms with E-state index in [4.69, 9.17) is 16.3 Å². The Hall–Kier alpha value is -2.18. The van der Waals surface area contributed by atoms with Gasteiger partial charge < -0.3 is 10.1 Å². The molecule has 0 unspecified atom stereocenters. The van der Waals surface area contributed by atoms with E-state index in [2.05, 4.69) is 5.32 Å². The topological polar surface area (TPSA) is 113 Å². The van der Waals surface area contributed by atoms with Crippen LogP contribution in [0.25, 0.3) is 0 Å². The maximum atomic E-state index is 13.2. The van der Waals surface area contributed by atoms with Gasteiger partial charge in [0.2, 0.25) is 26.0 Å². The highest BCUT2D eigenvalue weighted by Gasteiger charge is 2.33. The molecule has 0 aliphatic carbocycles. The number of carbonyl (C=O) groups excluding carboxylic acids is 1. The smallest absolute Gasteiger partial charge is 0.243 e. The average Bonchev–Trinajstić information content (AvgIpc) is 2.92. The minimum Gasteiger partial charge on any atom is -0.495 e. The van der Waals surface area contributed by atoms with Crippen molar-refractivity contribution in [2.24, 2.45) is 5.92 Å². The molecule has 2 fully saturated rings. The first-order chi connectivity index (χ1) is 17.6. The van der Waals surface area contributed by atoms with Crippen molar-refractivity contribution in [3.05, 3.63) is 53.1 Å². The fourth-order valence-electron chi connectivity index (χ4n) is 4.70. The summed E-state index contributed by atoms with van der Waals surface area (Å²) >= 11 is 6.12. The molecule has 2 aromatic carbocycles. The Balaban J connectivity index is 1.36. The van der Waals surface area contributed by atoms with Crippen molar-refractivity contribution < 1.29 is 26.4 Å². The molecule has 202 valence electrons. The van der Waals surface area contributed by atoms with Gasteiger partial charge in [0, 0.05) is 32.7 Å². The molecule has 12 heteroatoms. The van der Waals surface area contributed by atoms with E-state index in [0.29, 0.717) is 38.2 Å². The molecule has 1 amide bonds. The molecule has 0 radical (unpaired) electrons. The van der Waals surface area contributed by atoms with Crippen molar-refractivity contribution >= 4 is 37.6 Å². The number of amides is 1. The summed E-state index contributed by atoms with van der Waals surface area (Å²) in [4.78, 5) is 13.2. The van der Waals surface area contributed by atoms with Crippen molar-refractivity contribution in [2.75, 3.05) is 33.3 Å². The van der Waals surface area contributed by atoms with Gasteiger partial charge in [0.15, 0.2) is 0 Å². The highest BCUT2D eigenvalue weighted by atomic mass is 35.5. The average molecular weight is 570 g/mol. The van der Waals surface area contributed by atoms with Crippen molar-refractivity contribution in [3.63, 3.8) is 0 Å². The molecule has 1 atom stereocenters. The molecule has 4 rings (SSSR count). The molecule has 2 heterocycles. The molecule has 0 bridgehead atoms. The van der Waals surface area contributed by atoms with E-state index < -0.39 is 26.0 Å². The zero-order valence-corrected chi connectivity index (χ0v) is 23.1. The summed E-state index contributed by atoms with van der Waals surface area (Å²) < 4.78 is 59.9. The van der Waals surface area contributed by atoms with Crippen molar-refractivity contribution in [2.45, 2.75) is 48.4 Å². The Kier molecular flexibility index (Phi) is 8.80. The number of halogens is 1. The molecule has 1 N–H and O–H groups in total. The van der Waals surface area contributed by atoms with Crippen molar-refractivity contribution in [1.82, 2.24) is 13.9 Å². The van der Waals surface area contributed by atoms with Crippen LogP contribution in [0.2, 0.25) is 5.02 Å². The largest absolute Gasteiger partial charge is 0.495 e. The van der Waals surface area contributed by atoms with Crippen LogP contribution < -0.4 is 10.1 Å². The van der Waals surface area contributed by atoms with Gasteiger partial charge in [0.1, 0.15) is 5.75 Å². The maximum Gasteiger partial charge on any atom is 0.243 e. The third-order valence-electron chi connectivity index (χ3n) is 6.86. The summed E-state index contributed by atoms with van der Waals surface area (Å²) in [6.45, 7) is 1.70. The van der Waals surface area contributed by atoms with Crippen LogP contribution in [0.1, 0.15) is 37.7 Å². The summed E-state index contributed by atoms with van der Waals surface area (Å²) in [7, 11) is -5.87. The monoisotopic (exact) mass is 569 g/mol. The molecule has 0 aromatic heterocycles. The number of piperidine rings is 2. The van der Waals surface area contributed by atoms with E-state index in [1.54, 1.807) is 24.3 Å². The number of sulfonamides is 2. The van der Waals surface area contributed by atoms with E-state index in [9.17, 15) is 21.6 Å². The Bertz CT molecular complexity index is 1330.